The van der Waals surface area contributed by atoms with E-state index in [9.17, 15) is 36.6 Å². The van der Waals surface area contributed by atoms with E-state index in [1.54, 1.807) is 0 Å². The Bertz CT molecular complexity index is 811. The highest BCUT2D eigenvalue weighted by molar-refractivity contribution is 7.73. The molecule has 0 spiro atoms. The number of hydrogen-bond acceptors (Lipinski definition) is 6. The van der Waals surface area contributed by atoms with Crippen LogP contribution in [0.1, 0.15) is 36.4 Å². The minimum absolute atomic E-state index is 0.197. The first-order valence-electron chi connectivity index (χ1n) is 7.58. The molecular formula is C14H16F6N2O2S4. The van der Waals surface area contributed by atoms with Gasteiger partial charge >= 0.3 is 12.4 Å². The summed E-state index contributed by atoms with van der Waals surface area (Å²) in [5, 5.41) is 18.9. The Labute approximate surface area is 173 Å². The first kappa shape index (κ1) is 25.2. The number of aromatic amines is 2. The second-order valence-electron chi connectivity index (χ2n) is 5.51. The molecule has 2 aromatic heterocycles. The van der Waals surface area contributed by atoms with Gasteiger partial charge in [-0.05, 0) is 37.3 Å². The lowest BCUT2D eigenvalue weighted by molar-refractivity contribution is -0.266. The van der Waals surface area contributed by atoms with Gasteiger partial charge in [0.15, 0.2) is 19.1 Å². The van der Waals surface area contributed by atoms with Crippen LogP contribution in [0.4, 0.5) is 26.3 Å². The molecule has 0 aromatic carbocycles. The van der Waals surface area contributed by atoms with E-state index in [1.165, 1.54) is 13.8 Å². The molecule has 4 N–H and O–H groups in total. The number of hydrogen-bond donors (Lipinski definition) is 4. The van der Waals surface area contributed by atoms with Crippen molar-refractivity contribution < 1.29 is 36.6 Å². The van der Waals surface area contributed by atoms with Gasteiger partial charge in [0, 0.05) is 12.4 Å². The minimum Gasteiger partial charge on any atom is -0.376 e. The molecule has 2 heterocycles. The van der Waals surface area contributed by atoms with Crippen LogP contribution in [-0.2, 0) is 11.2 Å². The number of aromatic nitrogens is 2. The highest BCUT2D eigenvalue weighted by Crippen LogP contribution is 2.43. The number of H-pyrrole nitrogens is 2. The molecule has 2 rings (SSSR count). The van der Waals surface area contributed by atoms with Crippen molar-refractivity contribution in [3.8, 4) is 0 Å². The fraction of sp³-hybridized carbons (Fsp3) is 0.571. The van der Waals surface area contributed by atoms with Crippen molar-refractivity contribution in [2.75, 3.05) is 0 Å². The quantitative estimate of drug-likeness (QED) is 0.319. The van der Waals surface area contributed by atoms with E-state index < -0.39 is 36.4 Å². The molecule has 28 heavy (non-hydrogen) atoms. The Morgan fingerprint density at radius 2 is 1.07 bits per heavy atom. The maximum Gasteiger partial charge on any atom is 0.422 e. The Morgan fingerprint density at radius 3 is 1.21 bits per heavy atom. The third kappa shape index (κ3) is 5.21. The molecular weight excluding hydrogens is 470 g/mol. The van der Waals surface area contributed by atoms with Gasteiger partial charge in [0.1, 0.15) is 0 Å². The van der Waals surface area contributed by atoms with Crippen molar-refractivity contribution >= 4 is 47.1 Å². The van der Waals surface area contributed by atoms with E-state index in [0.29, 0.717) is 0 Å². The summed E-state index contributed by atoms with van der Waals surface area (Å²) in [5.41, 5.74) is -5.57. The normalized spacial score (nSPS) is 16.6. The van der Waals surface area contributed by atoms with Crippen LogP contribution >= 0.6 is 47.1 Å². The van der Waals surface area contributed by atoms with Gasteiger partial charge in [-0.3, -0.25) is 0 Å². The van der Waals surface area contributed by atoms with Gasteiger partial charge in [-0.15, -0.1) is 22.7 Å². The van der Waals surface area contributed by atoms with Crippen molar-refractivity contribution in [1.82, 2.24) is 9.97 Å². The van der Waals surface area contributed by atoms with Crippen LogP contribution in [0.5, 0.6) is 0 Å². The lowest BCUT2D eigenvalue weighted by atomic mass is 9.99. The number of rotatable bonds is 4. The van der Waals surface area contributed by atoms with Gasteiger partial charge in [0.25, 0.3) is 0 Å². The van der Waals surface area contributed by atoms with Gasteiger partial charge in [-0.2, -0.15) is 26.3 Å². The average Bonchev–Trinajstić information content (AvgIpc) is 3.20. The molecule has 2 atom stereocenters. The predicted molar refractivity (Wildman–Crippen MR) is 99.5 cm³/mol. The zero-order chi connectivity index (χ0) is 22.0. The third-order valence-corrected chi connectivity index (χ3v) is 6.52. The lowest BCUT2D eigenvalue weighted by Gasteiger charge is -2.27. The average molecular weight is 487 g/mol. The molecule has 0 saturated heterocycles. The molecule has 0 radical (unpaired) electrons. The van der Waals surface area contributed by atoms with Crippen LogP contribution in [0, 0.1) is 7.91 Å². The molecule has 0 amide bonds. The van der Waals surface area contributed by atoms with E-state index in [1.807, 2.05) is 0 Å². The Hall–Kier alpha value is -0.800. The summed E-state index contributed by atoms with van der Waals surface area (Å²) in [6, 6.07) is 0. The standard InChI is InChI=1S/2C7H8F3NOS2/c2*1-2-6(12,7(8,9)10)4-3-11-5(13)14-4/h2*3,12H,2H2,1H3,(H,11,13)/t2*6-/m10/s1. The Morgan fingerprint density at radius 1 is 0.786 bits per heavy atom. The number of thiazole rings is 2. The van der Waals surface area contributed by atoms with Gasteiger partial charge in [-0.25, -0.2) is 0 Å². The van der Waals surface area contributed by atoms with E-state index in [4.69, 9.17) is 0 Å². The SMILES string of the molecule is CC[C@@](O)(c1c[nH]c(=S)s1)C(F)(F)F.CC[C@](O)(c1c[nH]c(=S)s1)C(F)(F)F. The van der Waals surface area contributed by atoms with Gasteiger partial charge in [0.2, 0.25) is 0 Å². The van der Waals surface area contributed by atoms with Crippen LogP contribution in [0.15, 0.2) is 12.4 Å². The zero-order valence-electron chi connectivity index (χ0n) is 14.4. The number of aliphatic hydroxyl groups is 2. The fourth-order valence-electron chi connectivity index (χ4n) is 2.00. The van der Waals surface area contributed by atoms with Crippen LogP contribution in [0.2, 0.25) is 0 Å². The minimum atomic E-state index is -4.68. The van der Waals surface area contributed by atoms with Crippen molar-refractivity contribution in [2.45, 2.75) is 50.2 Å². The van der Waals surface area contributed by atoms with Crippen LogP contribution in [0.25, 0.3) is 0 Å². The highest BCUT2D eigenvalue weighted by atomic mass is 32.2. The molecule has 0 aliphatic rings. The number of alkyl halides is 6. The van der Waals surface area contributed by atoms with Crippen LogP contribution in [0.3, 0.4) is 0 Å². The summed E-state index contributed by atoms with van der Waals surface area (Å²) >= 11 is 10.8. The van der Waals surface area contributed by atoms with E-state index in [0.717, 1.165) is 35.1 Å². The van der Waals surface area contributed by atoms with Gasteiger partial charge < -0.3 is 20.2 Å². The largest absolute Gasteiger partial charge is 0.422 e. The summed E-state index contributed by atoms with van der Waals surface area (Å²) in [4.78, 5) is 4.51. The maximum absolute atomic E-state index is 12.5. The van der Waals surface area contributed by atoms with Crippen molar-refractivity contribution in [2.24, 2.45) is 0 Å². The summed E-state index contributed by atoms with van der Waals surface area (Å²) < 4.78 is 75.5. The zero-order valence-corrected chi connectivity index (χ0v) is 17.6. The molecule has 0 fully saturated rings. The molecule has 4 nitrogen and oxygen atoms in total. The summed E-state index contributed by atoms with van der Waals surface area (Å²) in [7, 11) is 0. The first-order valence-corrected chi connectivity index (χ1v) is 10.0. The van der Waals surface area contributed by atoms with Gasteiger partial charge in [-0.1, -0.05) is 13.8 Å². The second kappa shape index (κ2) is 8.92. The summed E-state index contributed by atoms with van der Waals surface area (Å²) in [5.74, 6) is 0. The molecule has 14 heteroatoms. The molecule has 2 aromatic rings. The van der Waals surface area contributed by atoms with Crippen molar-refractivity contribution in [3.63, 3.8) is 0 Å². The van der Waals surface area contributed by atoms with Crippen LogP contribution in [-0.4, -0.2) is 32.5 Å². The van der Waals surface area contributed by atoms with E-state index in [2.05, 4.69) is 34.4 Å². The van der Waals surface area contributed by atoms with E-state index >= 15 is 0 Å². The summed E-state index contributed by atoms with van der Waals surface area (Å²) in [6.45, 7) is 2.55. The molecule has 0 aliphatic carbocycles. The number of halogens is 6. The first-order chi connectivity index (χ1) is 12.6. The molecule has 0 aliphatic heterocycles. The monoisotopic (exact) mass is 486 g/mol. The second-order valence-corrected chi connectivity index (χ2v) is 8.95. The molecule has 0 unspecified atom stereocenters. The van der Waals surface area contributed by atoms with Crippen LogP contribution < -0.4 is 0 Å². The third-order valence-electron chi connectivity index (χ3n) is 3.82. The topological polar surface area (TPSA) is 72.0 Å². The summed E-state index contributed by atoms with van der Waals surface area (Å²) in [6.07, 6.45) is -8.02. The lowest BCUT2D eigenvalue weighted by Crippen LogP contribution is -2.40. The highest BCUT2D eigenvalue weighted by Gasteiger charge is 2.55. The fourth-order valence-corrected chi connectivity index (χ4v) is 4.39. The molecule has 160 valence electrons. The predicted octanol–water partition coefficient (Wildman–Crippen LogP) is 5.93. The maximum atomic E-state index is 12.5. The number of nitrogens with one attached hydrogen (secondary N) is 2. The Kier molecular flexibility index (Phi) is 8.04. The van der Waals surface area contributed by atoms with E-state index in [-0.39, 0.29) is 17.7 Å². The smallest absolute Gasteiger partial charge is 0.376 e. The van der Waals surface area contributed by atoms with Crippen molar-refractivity contribution in [1.29, 1.82) is 0 Å². The van der Waals surface area contributed by atoms with Crippen molar-refractivity contribution in [3.05, 3.63) is 30.1 Å². The molecule has 0 bridgehead atoms. The van der Waals surface area contributed by atoms with Gasteiger partial charge in [0.05, 0.1) is 9.75 Å². The molecule has 0 saturated carbocycles. The Balaban J connectivity index is 0.000000280.